The Morgan fingerprint density at radius 1 is 0.643 bits per heavy atom. The van der Waals surface area contributed by atoms with E-state index in [1.165, 1.54) is 38.5 Å². The summed E-state index contributed by atoms with van der Waals surface area (Å²) in [7, 11) is 0. The topological polar surface area (TPSA) is 0 Å². The fraction of sp³-hybridized carbons (Fsp3) is 1.00. The van der Waals surface area contributed by atoms with Crippen LogP contribution in [-0.4, -0.2) is 0 Å². The van der Waals surface area contributed by atoms with E-state index in [2.05, 4.69) is 20.8 Å². The number of unbranched alkanes of at least 4 members (excludes halogenated alkanes) is 3. The van der Waals surface area contributed by atoms with E-state index in [1.54, 1.807) is 16.0 Å². The first-order valence-electron chi connectivity index (χ1n) is 5.92. The van der Waals surface area contributed by atoms with E-state index in [0.717, 1.165) is 0 Å². The van der Waals surface area contributed by atoms with E-state index in [4.69, 9.17) is 0 Å². The van der Waals surface area contributed by atoms with Crippen molar-refractivity contribution in [1.29, 1.82) is 0 Å². The Balaban J connectivity index is 0. The second kappa shape index (κ2) is 13.9. The molecular weight excluding hydrogens is 230 g/mol. The van der Waals surface area contributed by atoms with Gasteiger partial charge in [-0.15, -0.1) is 0 Å². The van der Waals surface area contributed by atoms with Crippen LogP contribution in [0, 0.1) is 0 Å². The van der Waals surface area contributed by atoms with Crippen molar-refractivity contribution in [3.8, 4) is 0 Å². The fourth-order valence-corrected chi connectivity index (χ4v) is 5.16. The quantitative estimate of drug-likeness (QED) is 0.389. The van der Waals surface area contributed by atoms with Gasteiger partial charge in [-0.25, -0.2) is 0 Å². The van der Waals surface area contributed by atoms with Gasteiger partial charge in [0.2, 0.25) is 0 Å². The van der Waals surface area contributed by atoms with Crippen molar-refractivity contribution in [3.63, 3.8) is 0 Å². The molecule has 0 amide bonds. The van der Waals surface area contributed by atoms with E-state index < -0.39 is 0 Å². The van der Waals surface area contributed by atoms with Crippen molar-refractivity contribution < 1.29 is 13.9 Å². The summed E-state index contributed by atoms with van der Waals surface area (Å²) in [4.78, 5) is 0. The summed E-state index contributed by atoms with van der Waals surface area (Å²) in [6, 6.07) is 0. The summed E-state index contributed by atoms with van der Waals surface area (Å²) in [5, 5.41) is 4.76. The van der Waals surface area contributed by atoms with Crippen LogP contribution in [0.5, 0.6) is 0 Å². The molecule has 1 unspecified atom stereocenters. The van der Waals surface area contributed by atoms with E-state index in [-0.39, 0.29) is 23.8 Å². The molecule has 0 rings (SSSR count). The van der Waals surface area contributed by atoms with Gasteiger partial charge in [-0.3, -0.25) is 0 Å². The summed E-state index contributed by atoms with van der Waals surface area (Å²) < 4.78 is 0. The minimum Gasteiger partial charge on any atom is -0.153 e. The molecule has 0 N–H and O–H groups in total. The Morgan fingerprint density at radius 2 is 0.929 bits per heavy atom. The van der Waals surface area contributed by atoms with Crippen molar-refractivity contribution in [1.82, 2.24) is 0 Å². The molecule has 90 valence electrons. The van der Waals surface area contributed by atoms with Crippen LogP contribution in [0.3, 0.4) is 0 Å². The first-order chi connectivity index (χ1) is 6.35. The van der Waals surface area contributed by atoms with E-state index >= 15 is 0 Å². The van der Waals surface area contributed by atoms with Gasteiger partial charge >= 0.3 is 89.2 Å². The molecule has 0 aliphatic carbocycles. The van der Waals surface area contributed by atoms with Crippen LogP contribution in [-0.2, 0) is 13.9 Å². The van der Waals surface area contributed by atoms with Crippen molar-refractivity contribution in [2.24, 2.45) is 0 Å². The number of hydrogen-bond donors (Lipinski definition) is 0. The van der Waals surface area contributed by atoms with Crippen molar-refractivity contribution in [2.75, 3.05) is 0 Å². The van der Waals surface area contributed by atoms with Crippen LogP contribution < -0.4 is 0 Å². The van der Waals surface area contributed by atoms with Crippen LogP contribution in [0.2, 0.25) is 16.0 Å². The molecule has 0 nitrogen and oxygen atoms in total. The predicted octanol–water partition coefficient (Wildman–Crippen LogP) is 5.32. The van der Waals surface area contributed by atoms with Crippen LogP contribution >= 0.6 is 9.90 Å². The summed E-state index contributed by atoms with van der Waals surface area (Å²) >= 11 is 0.0453. The zero-order chi connectivity index (χ0) is 9.94. The van der Waals surface area contributed by atoms with E-state index in [9.17, 15) is 0 Å². The van der Waals surface area contributed by atoms with Crippen molar-refractivity contribution in [3.05, 3.63) is 0 Å². The molecule has 0 fully saturated rings. The molecule has 0 spiro atoms. The molecule has 2 heteroatoms. The SMILES string of the molecule is CCC[CH2][Mn]([CH2]CCC)[CH2]CCC.P. The Kier molecular flexibility index (Phi) is 17.3. The molecule has 0 bridgehead atoms. The van der Waals surface area contributed by atoms with Crippen LogP contribution in [0.1, 0.15) is 59.3 Å². The summed E-state index contributed by atoms with van der Waals surface area (Å²) in [5.41, 5.74) is 0. The Hall–Kier alpha value is 0.949. The van der Waals surface area contributed by atoms with Gasteiger partial charge in [0.05, 0.1) is 0 Å². The summed E-state index contributed by atoms with van der Waals surface area (Å²) in [6.07, 6.45) is 8.65. The molecule has 0 saturated heterocycles. The Morgan fingerprint density at radius 3 is 1.14 bits per heavy atom. The third-order valence-electron chi connectivity index (χ3n) is 2.26. The maximum atomic E-state index is 2.32. The van der Waals surface area contributed by atoms with Gasteiger partial charge in [0, 0.05) is 0 Å². The molecule has 14 heavy (non-hydrogen) atoms. The third-order valence-corrected chi connectivity index (χ3v) is 6.02. The summed E-state index contributed by atoms with van der Waals surface area (Å²) in [6.45, 7) is 6.96. The average molecular weight is 260 g/mol. The molecule has 0 aliphatic heterocycles. The summed E-state index contributed by atoms with van der Waals surface area (Å²) in [5.74, 6) is 0. The van der Waals surface area contributed by atoms with Gasteiger partial charge in [0.15, 0.2) is 0 Å². The van der Waals surface area contributed by atoms with Crippen LogP contribution in [0.25, 0.3) is 0 Å². The average Bonchev–Trinajstić information content (AvgIpc) is 2.17. The first kappa shape index (κ1) is 17.3. The maximum absolute atomic E-state index is 2.32. The molecule has 0 saturated carbocycles. The van der Waals surface area contributed by atoms with E-state index in [1.807, 2.05) is 0 Å². The molecule has 0 radical (unpaired) electrons. The maximum Gasteiger partial charge on any atom is -0.153 e. The molecule has 0 aliphatic rings. The van der Waals surface area contributed by atoms with Crippen LogP contribution in [0.15, 0.2) is 0 Å². The van der Waals surface area contributed by atoms with Crippen LogP contribution in [0.4, 0.5) is 0 Å². The zero-order valence-electron chi connectivity index (χ0n) is 10.4. The normalized spacial score (nSPS) is 10.9. The van der Waals surface area contributed by atoms with Gasteiger partial charge < -0.3 is 0 Å². The zero-order valence-corrected chi connectivity index (χ0v) is 13.0. The third kappa shape index (κ3) is 11.0. The Labute approximate surface area is 99.1 Å². The second-order valence-corrected chi connectivity index (χ2v) is 7.24. The number of hydrogen-bond acceptors (Lipinski definition) is 0. The molecule has 0 aromatic carbocycles. The Bertz CT molecular complexity index is 77.3. The van der Waals surface area contributed by atoms with Crippen molar-refractivity contribution >= 4 is 9.90 Å². The van der Waals surface area contributed by atoms with Gasteiger partial charge in [-0.05, 0) is 0 Å². The largest absolute Gasteiger partial charge is 0.153 e. The van der Waals surface area contributed by atoms with Gasteiger partial charge in [-0.2, -0.15) is 9.90 Å². The first-order valence-corrected chi connectivity index (χ1v) is 8.43. The fourth-order valence-electron chi connectivity index (χ4n) is 1.25. The van der Waals surface area contributed by atoms with Crippen molar-refractivity contribution in [2.45, 2.75) is 75.3 Å². The second-order valence-electron chi connectivity index (χ2n) is 3.69. The molecule has 1 atom stereocenters. The molecule has 0 aromatic rings. The smallest absolute Gasteiger partial charge is 0.153 e. The minimum absolute atomic E-state index is 0. The monoisotopic (exact) mass is 260 g/mol. The molecular formula is C12H30MnP. The number of rotatable bonds is 9. The minimum atomic E-state index is 0. The standard InChI is InChI=1S/3C4H9.Mn.H3P/c3*1-3-4-2;;/h3*1,3-4H2,2H3;;1H3. The van der Waals surface area contributed by atoms with Gasteiger partial charge in [-0.1, -0.05) is 0 Å². The van der Waals surface area contributed by atoms with Gasteiger partial charge in [0.1, 0.15) is 0 Å². The molecule has 0 aromatic heterocycles. The molecule has 0 heterocycles. The van der Waals surface area contributed by atoms with Gasteiger partial charge in [0.25, 0.3) is 0 Å². The van der Waals surface area contributed by atoms with E-state index in [0.29, 0.717) is 0 Å². The predicted molar refractivity (Wildman–Crippen MR) is 70.3 cm³/mol.